The van der Waals surface area contributed by atoms with E-state index in [1.165, 1.54) is 162 Å². The van der Waals surface area contributed by atoms with Crippen molar-refractivity contribution in [2.45, 2.75) is 228 Å². The van der Waals surface area contributed by atoms with Crippen LogP contribution in [-0.2, 0) is 46.2 Å². The van der Waals surface area contributed by atoms with Crippen molar-refractivity contribution in [3.63, 3.8) is 0 Å². The number of hydrogen-bond acceptors (Lipinski definition) is 19. The monoisotopic (exact) mass is 1680 g/mol. The molecule has 0 bridgehead atoms. The number of methoxy groups -OCH3 is 2. The Morgan fingerprint density at radius 1 is 0.508 bits per heavy atom. The van der Waals surface area contributed by atoms with Crippen molar-refractivity contribution in [2.75, 3.05) is 73.4 Å². The summed E-state index contributed by atoms with van der Waals surface area (Å²) in [4.78, 5) is 82.5. The third kappa shape index (κ3) is 41.1. The van der Waals surface area contributed by atoms with E-state index in [9.17, 15) is 33.6 Å². The number of ether oxygens (including phenoxy) is 8. The molecule has 5 aliphatic carbocycles. The number of nitrogens with zero attached hydrogens (tertiary/aromatic N) is 1. The van der Waals surface area contributed by atoms with Crippen LogP contribution in [0.4, 0.5) is 4.79 Å². The van der Waals surface area contributed by atoms with Gasteiger partial charge in [0.05, 0.1) is 44.1 Å². The number of alkyl carbamates (subject to hydrolysis) is 1. The summed E-state index contributed by atoms with van der Waals surface area (Å²) in [7, 11) is 2.67. The molecular formula is C99H134LiN3O19. The molecule has 5 saturated carbocycles. The number of phenolic OH excluding ortho intramolecular Hbond substituents is 1. The van der Waals surface area contributed by atoms with Gasteiger partial charge >= 0.3 is 54.8 Å². The third-order valence-corrected chi connectivity index (χ3v) is 20.4. The molecule has 0 atom stereocenters. The van der Waals surface area contributed by atoms with E-state index in [0.717, 1.165) is 68.7 Å². The largest absolute Gasteiger partial charge is 1.00 e. The molecule has 0 radical (unpaired) electrons. The molecule has 6 N–H and O–H groups in total. The number of allylic oxidation sites excluding steroid dienone is 5. The second kappa shape index (κ2) is 57.2. The molecule has 122 heavy (non-hydrogen) atoms. The second-order valence-electron chi connectivity index (χ2n) is 31.8. The summed E-state index contributed by atoms with van der Waals surface area (Å²) in [6.45, 7) is 19.6. The van der Waals surface area contributed by atoms with Crippen LogP contribution in [0.2, 0.25) is 0 Å². The van der Waals surface area contributed by atoms with Crippen LogP contribution in [0, 0.1) is 0 Å². The number of aromatic carboxylic acids is 1. The minimum Gasteiger partial charge on any atom is -0.870 e. The number of benzene rings is 6. The van der Waals surface area contributed by atoms with Crippen molar-refractivity contribution >= 4 is 41.8 Å². The molecule has 0 aromatic heterocycles. The summed E-state index contributed by atoms with van der Waals surface area (Å²) in [6, 6.07) is 44.2. The summed E-state index contributed by atoms with van der Waals surface area (Å²) >= 11 is 0. The van der Waals surface area contributed by atoms with Crippen LogP contribution in [0.3, 0.4) is 0 Å². The van der Waals surface area contributed by atoms with Crippen molar-refractivity contribution in [3.05, 3.63) is 248 Å². The van der Waals surface area contributed by atoms with Gasteiger partial charge in [0.25, 0.3) is 5.91 Å². The Balaban J connectivity index is 0.000000388. The normalized spacial score (nSPS) is 14.6. The fourth-order valence-corrected chi connectivity index (χ4v) is 13.0. The maximum Gasteiger partial charge on any atom is 1.00 e. The van der Waals surface area contributed by atoms with E-state index in [2.05, 4.69) is 80.8 Å². The number of phenols is 1. The number of nitrogens with one attached hydrogen (secondary N) is 2. The fourth-order valence-electron chi connectivity index (χ4n) is 13.0. The average molecular weight is 1680 g/mol. The van der Waals surface area contributed by atoms with Gasteiger partial charge in [-0.05, 0) is 315 Å². The average Bonchev–Trinajstić information content (AvgIpc) is 0.821. The Bertz CT molecular complexity index is 4330. The quantitative estimate of drug-likeness (QED) is 0.0131. The molecule has 2 saturated heterocycles. The second-order valence-corrected chi connectivity index (χ2v) is 31.8. The van der Waals surface area contributed by atoms with E-state index in [-0.39, 0.29) is 87.0 Å². The maximum absolute atomic E-state index is 13.1. The number of carbonyl (C=O) groups excluding carboxylic acids is 6. The molecule has 23 heteroatoms. The third-order valence-electron chi connectivity index (χ3n) is 20.4. The van der Waals surface area contributed by atoms with Crippen molar-refractivity contribution in [1.82, 2.24) is 15.5 Å². The van der Waals surface area contributed by atoms with E-state index in [1.807, 2.05) is 95.8 Å². The zero-order chi connectivity index (χ0) is 85.1. The molecule has 22 nitrogen and oxygen atoms in total. The predicted octanol–water partition coefficient (Wildman–Crippen LogP) is 17.5. The first kappa shape index (κ1) is 106. The Morgan fingerprint density at radius 3 is 1.34 bits per heavy atom. The zero-order valence-electron chi connectivity index (χ0n) is 72.2. The summed E-state index contributed by atoms with van der Waals surface area (Å²) in [5, 5.41) is 32.3. The number of carboxylic acids is 1. The smallest absolute Gasteiger partial charge is 0.870 e. The first-order chi connectivity index (χ1) is 56.7. The molecule has 2 heterocycles. The molecule has 0 spiro atoms. The Hall–Kier alpha value is -10.2. The Labute approximate surface area is 736 Å². The van der Waals surface area contributed by atoms with Gasteiger partial charge in [-0.3, -0.25) is 9.59 Å². The van der Waals surface area contributed by atoms with E-state index in [4.69, 9.17) is 43.7 Å². The minimum atomic E-state index is -0.928. The maximum atomic E-state index is 13.1. The van der Waals surface area contributed by atoms with Crippen LogP contribution in [0.5, 0.6) is 23.0 Å². The molecule has 6 aromatic rings. The minimum absolute atomic E-state index is 0. The van der Waals surface area contributed by atoms with Gasteiger partial charge in [-0.2, -0.15) is 0 Å². The molecule has 0 unspecified atom stereocenters. The molecule has 2 aliphatic heterocycles. The van der Waals surface area contributed by atoms with Crippen LogP contribution in [0.25, 0.3) is 0 Å². The number of piperidine rings is 2. The van der Waals surface area contributed by atoms with Gasteiger partial charge in [0, 0.05) is 37.7 Å². The standard InChI is InChI=1S/C31H39NO4.C17H26N2O2.C14H16O3.C13H14O3.C8H8O3.C8H12O2.C6H10O.2CH4.Li.H2O/c1-31(2,3)36-29(33)14-13-24-9-5-10-26(21-24)25-15-18-32(19-16-25)30(34)27-11-6-12-28(22-27)35-20-17-23-7-4-8-23;1-17(2,3)21-16(20)19-12-13-5-4-6-15(11-13)14-7-9-18-10-8-14;1-16-14(15)12-6-3-7-13(10-12)17-9-8-11-4-2-5-11;14-13(15)11-5-2-6-12(9-11)16-8-7-10-3-1-4-10;1-11-8(10)6-3-2-4-7(9)5-6;1-2-10-8(9)6-7-4-3-5-7;7-5-4-6-2-1-3-6;;;;/h5-6,9-12,17,21-22,25H,4,7-8,13-16,18-20H2,1-3H3;4-6,11,14,18H,7-10,12H2,1-3H3,(H,19,20);3,6-8,10H,2,4-5,9H2,1H3;2,5-7,9H,1,3-4,8H2,(H,14,15);2-5,9H,1H3;6H,2-5H2,1H3;4,7H,1-3,5H2;2*1H4;;1H2/q;;;;;;;;;+1;/p-1. The van der Waals surface area contributed by atoms with Crippen LogP contribution < -0.4 is 43.7 Å². The van der Waals surface area contributed by atoms with Crippen LogP contribution in [-0.4, -0.2) is 152 Å². The summed E-state index contributed by atoms with van der Waals surface area (Å²) < 4.78 is 41.4. The van der Waals surface area contributed by atoms with Gasteiger partial charge < -0.3 is 74.2 Å². The first-order valence-electron chi connectivity index (χ1n) is 41.7. The van der Waals surface area contributed by atoms with Gasteiger partial charge in [0.1, 0.15) is 54.0 Å². The number of likely N-dealkylation sites (tertiary alicyclic amines) is 1. The van der Waals surface area contributed by atoms with E-state index >= 15 is 0 Å². The molecule has 7 aliphatic rings. The number of esters is 4. The number of rotatable bonds is 23. The van der Waals surface area contributed by atoms with E-state index in [0.29, 0.717) is 85.8 Å². The SMILES string of the molecule is C.C.CC(C)(C)OC(=O)CCc1cccc(C2CCN(C(=O)c3cccc(OCC=C4CCC4)c3)CC2)c1.CC(C)(C)OC(=O)NCc1cccc(C2CCNCC2)c1.CCOC(=O)C=C1CCC1.COC(=O)c1cccc(O)c1.COC(=O)c1cccc(OCC=C2CCC2)c1.O=C(O)c1cccc(OCC=C2CCC2)c1.OCC=C1CCC1.[Li+].[OH-]. The number of aryl methyl sites for hydroxylation is 1. The van der Waals surface area contributed by atoms with Crippen molar-refractivity contribution in [3.8, 4) is 23.0 Å². The topological polar surface area (TPSA) is 311 Å². The molecule has 7 fully saturated rings. The summed E-state index contributed by atoms with van der Waals surface area (Å²) in [5.41, 5.74) is 12.9. The zero-order valence-corrected chi connectivity index (χ0v) is 72.2. The number of carboxylic acid groups (broad SMARTS) is 1. The number of amides is 2. The van der Waals surface area contributed by atoms with Crippen molar-refractivity contribution in [1.29, 1.82) is 0 Å². The van der Waals surface area contributed by atoms with Gasteiger partial charge in [-0.1, -0.05) is 122 Å². The van der Waals surface area contributed by atoms with Gasteiger partial charge in [-0.15, -0.1) is 0 Å². The predicted molar refractivity (Wildman–Crippen MR) is 475 cm³/mol. The van der Waals surface area contributed by atoms with Gasteiger partial charge in [0.2, 0.25) is 0 Å². The first-order valence-corrected chi connectivity index (χ1v) is 41.7. The fraction of sp³-hybridized carbons (Fsp3) is 0.465. The number of aliphatic hydroxyl groups excluding tert-OH is 1. The molecular weight excluding hydrogens is 1540 g/mol. The summed E-state index contributed by atoms with van der Waals surface area (Å²) in [6.07, 6.45) is 33.0. The molecule has 13 rings (SSSR count). The number of aliphatic hydroxyl groups is 1. The molecule has 6 aromatic carbocycles. The van der Waals surface area contributed by atoms with Crippen LogP contribution in [0.1, 0.15) is 267 Å². The number of hydrogen-bond donors (Lipinski definition) is 5. The van der Waals surface area contributed by atoms with Crippen molar-refractivity contribution in [2.24, 2.45) is 0 Å². The molecule has 660 valence electrons. The Morgan fingerprint density at radius 2 is 0.918 bits per heavy atom. The molecule has 2 amide bonds. The van der Waals surface area contributed by atoms with Gasteiger partial charge in [0.15, 0.2) is 0 Å². The number of carbonyl (C=O) groups is 7. The van der Waals surface area contributed by atoms with Crippen LogP contribution in [0.15, 0.2) is 204 Å². The summed E-state index contributed by atoms with van der Waals surface area (Å²) in [5.74, 6) is 1.18. The Kier molecular flexibility index (Phi) is 49.7. The van der Waals surface area contributed by atoms with Gasteiger partial charge in [-0.25, -0.2) is 24.0 Å². The van der Waals surface area contributed by atoms with Crippen LogP contribution >= 0.6 is 0 Å². The van der Waals surface area contributed by atoms with E-state index < -0.39 is 23.1 Å². The number of aromatic hydroxyl groups is 1. The van der Waals surface area contributed by atoms with Crippen molar-refractivity contribution < 1.29 is 111 Å². The van der Waals surface area contributed by atoms with E-state index in [1.54, 1.807) is 60.7 Å².